The van der Waals surface area contributed by atoms with Gasteiger partial charge in [-0.3, -0.25) is 9.59 Å². The predicted octanol–water partition coefficient (Wildman–Crippen LogP) is 5.18. The fraction of sp³-hybridized carbons (Fsp3) is 0.571. The molecule has 1 fully saturated rings. The quantitative estimate of drug-likeness (QED) is 0.463. The molecule has 10 heteroatoms. The maximum absolute atomic E-state index is 13.1. The molecule has 0 bridgehead atoms. The first-order chi connectivity index (χ1) is 18.2. The molecule has 1 aliphatic carbocycles. The number of nitrogens with one attached hydrogen (secondary N) is 1. The molecule has 5 rings (SSSR count). The number of nitrogens with zero attached hydrogens (tertiary/aromatic N) is 3. The van der Waals surface area contributed by atoms with Crippen LogP contribution in [0, 0.1) is 11.8 Å². The van der Waals surface area contributed by atoms with E-state index >= 15 is 0 Å². The number of halogens is 2. The number of fused-ring (bicyclic) bond motifs is 2. The summed E-state index contributed by atoms with van der Waals surface area (Å²) < 4.78 is 31.3. The van der Waals surface area contributed by atoms with Crippen LogP contribution >= 0.6 is 11.3 Å². The van der Waals surface area contributed by atoms with Gasteiger partial charge in [0.15, 0.2) is 6.61 Å². The lowest BCUT2D eigenvalue weighted by Gasteiger charge is -2.28. The SMILES string of the molecule is CC(F)(F)COc1nc2c(s1)CCN(CCC1CCC(C=NC(=O)c3cccc4c3NC(=O)C4)CC1)CC2. The van der Waals surface area contributed by atoms with E-state index in [4.69, 9.17) is 4.74 Å². The van der Waals surface area contributed by atoms with Crippen molar-refractivity contribution in [2.75, 3.05) is 31.6 Å². The molecule has 0 radical (unpaired) electrons. The van der Waals surface area contributed by atoms with Gasteiger partial charge in [0.25, 0.3) is 17.0 Å². The normalized spacial score (nSPS) is 22.1. The van der Waals surface area contributed by atoms with Gasteiger partial charge in [0.1, 0.15) is 0 Å². The minimum atomic E-state index is -2.86. The molecule has 0 unspecified atom stereocenters. The molecule has 3 heterocycles. The Bertz CT molecular complexity index is 1180. The number of thiazole rings is 1. The molecule has 7 nitrogen and oxygen atoms in total. The number of ether oxygens (including phenoxy) is 1. The fourth-order valence-electron chi connectivity index (χ4n) is 5.52. The fourth-order valence-corrected chi connectivity index (χ4v) is 6.47. The van der Waals surface area contributed by atoms with Gasteiger partial charge in [0, 0.05) is 37.5 Å². The third-order valence-corrected chi connectivity index (χ3v) is 8.74. The minimum absolute atomic E-state index is 0.0867. The van der Waals surface area contributed by atoms with E-state index in [9.17, 15) is 18.4 Å². The first-order valence-electron chi connectivity index (χ1n) is 13.5. The maximum atomic E-state index is 13.1. The number of benzene rings is 1. The summed E-state index contributed by atoms with van der Waals surface area (Å²) in [6, 6.07) is 5.39. The zero-order valence-electron chi connectivity index (χ0n) is 21.7. The molecule has 1 N–H and O–H groups in total. The zero-order chi connectivity index (χ0) is 26.7. The smallest absolute Gasteiger partial charge is 0.278 e. The van der Waals surface area contributed by atoms with E-state index in [1.807, 2.05) is 12.3 Å². The molecule has 2 aliphatic heterocycles. The molecular weight excluding hydrogens is 510 g/mol. The van der Waals surface area contributed by atoms with E-state index in [1.54, 1.807) is 12.1 Å². The van der Waals surface area contributed by atoms with Crippen molar-refractivity contribution in [3.05, 3.63) is 39.9 Å². The Kier molecular flexibility index (Phi) is 8.18. The zero-order valence-corrected chi connectivity index (χ0v) is 22.5. The van der Waals surface area contributed by atoms with Gasteiger partial charge in [-0.1, -0.05) is 23.5 Å². The summed E-state index contributed by atoms with van der Waals surface area (Å²) in [5.74, 6) is -2.25. The summed E-state index contributed by atoms with van der Waals surface area (Å²) in [6.07, 6.45) is 9.31. The molecule has 2 aromatic rings. The van der Waals surface area contributed by atoms with Gasteiger partial charge in [-0.25, -0.2) is 18.8 Å². The van der Waals surface area contributed by atoms with Gasteiger partial charge >= 0.3 is 0 Å². The number of alkyl halides is 2. The molecular formula is C28H34F2N4O3S. The number of rotatable bonds is 8. The lowest BCUT2D eigenvalue weighted by atomic mass is 9.81. The van der Waals surface area contributed by atoms with Gasteiger partial charge < -0.3 is 15.0 Å². The number of aliphatic imine (C=N–C) groups is 1. The number of anilines is 1. The van der Waals surface area contributed by atoms with E-state index in [2.05, 4.69) is 20.2 Å². The van der Waals surface area contributed by atoms with Gasteiger partial charge in [-0.2, -0.15) is 0 Å². The number of aromatic nitrogens is 1. The predicted molar refractivity (Wildman–Crippen MR) is 144 cm³/mol. The van der Waals surface area contributed by atoms with Gasteiger partial charge in [0.05, 0.1) is 23.4 Å². The molecule has 0 atom stereocenters. The summed E-state index contributed by atoms with van der Waals surface area (Å²) in [5, 5.41) is 3.13. The first kappa shape index (κ1) is 26.9. The van der Waals surface area contributed by atoms with Crippen LogP contribution in [-0.4, -0.2) is 60.1 Å². The van der Waals surface area contributed by atoms with Crippen molar-refractivity contribution in [3.63, 3.8) is 0 Å². The highest BCUT2D eigenvalue weighted by atomic mass is 32.1. The topological polar surface area (TPSA) is 83.9 Å². The molecule has 0 saturated heterocycles. The van der Waals surface area contributed by atoms with Crippen LogP contribution in [-0.2, 0) is 24.1 Å². The van der Waals surface area contributed by atoms with Crippen LogP contribution < -0.4 is 10.1 Å². The number of amides is 2. The minimum Gasteiger partial charge on any atom is -0.464 e. The first-order valence-corrected chi connectivity index (χ1v) is 14.3. The van der Waals surface area contributed by atoms with Crippen LogP contribution in [0.15, 0.2) is 23.2 Å². The van der Waals surface area contributed by atoms with Gasteiger partial charge in [0.2, 0.25) is 5.91 Å². The molecule has 38 heavy (non-hydrogen) atoms. The number of hydrogen-bond donors (Lipinski definition) is 1. The lowest BCUT2D eigenvalue weighted by Crippen LogP contribution is -2.29. The van der Waals surface area contributed by atoms with Gasteiger partial charge in [-0.05, 0) is 68.5 Å². The summed E-state index contributed by atoms with van der Waals surface area (Å²) in [4.78, 5) is 36.7. The van der Waals surface area contributed by atoms with Crippen molar-refractivity contribution < 1.29 is 23.1 Å². The molecule has 2 amide bonds. The van der Waals surface area contributed by atoms with Crippen LogP contribution in [0.3, 0.4) is 0 Å². The Labute approximate surface area is 225 Å². The second kappa shape index (κ2) is 11.6. The second-order valence-electron chi connectivity index (χ2n) is 10.8. The van der Waals surface area contributed by atoms with Gasteiger partial charge in [-0.15, -0.1) is 0 Å². The molecule has 3 aliphatic rings. The largest absolute Gasteiger partial charge is 0.464 e. The lowest BCUT2D eigenvalue weighted by molar-refractivity contribution is -0.115. The second-order valence-corrected chi connectivity index (χ2v) is 11.8. The van der Waals surface area contributed by atoms with Crippen molar-refractivity contribution in [2.24, 2.45) is 16.8 Å². The van der Waals surface area contributed by atoms with E-state index in [0.717, 1.165) is 87.6 Å². The highest BCUT2D eigenvalue weighted by Crippen LogP contribution is 2.32. The Morgan fingerprint density at radius 1 is 1.26 bits per heavy atom. The molecule has 1 aromatic heterocycles. The van der Waals surface area contributed by atoms with E-state index in [-0.39, 0.29) is 11.8 Å². The van der Waals surface area contributed by atoms with Crippen molar-refractivity contribution in [1.82, 2.24) is 9.88 Å². The maximum Gasteiger partial charge on any atom is 0.278 e. The Morgan fingerprint density at radius 2 is 2.05 bits per heavy atom. The highest BCUT2D eigenvalue weighted by molar-refractivity contribution is 7.13. The number of para-hydroxylation sites is 1. The average Bonchev–Trinajstić information content (AvgIpc) is 3.42. The number of hydrogen-bond acceptors (Lipinski definition) is 6. The van der Waals surface area contributed by atoms with Crippen molar-refractivity contribution >= 4 is 35.1 Å². The number of carbonyl (C=O) groups is 2. The summed E-state index contributed by atoms with van der Waals surface area (Å²) in [6.45, 7) is 3.14. The number of carbonyl (C=O) groups excluding carboxylic acids is 2. The Morgan fingerprint density at radius 3 is 2.84 bits per heavy atom. The monoisotopic (exact) mass is 544 g/mol. The molecule has 0 spiro atoms. The highest BCUT2D eigenvalue weighted by Gasteiger charge is 2.26. The van der Waals surface area contributed by atoms with Crippen LogP contribution in [0.25, 0.3) is 0 Å². The summed E-state index contributed by atoms with van der Waals surface area (Å²) in [7, 11) is 0. The van der Waals surface area contributed by atoms with Crippen LogP contribution in [0.1, 0.15) is 65.5 Å². The third kappa shape index (κ3) is 6.83. The standard InChI is InChI=1S/C28H34F2N4O3S/c1-28(29,30)17-37-27-32-22-10-13-34(14-11-23(22)38-27)12-9-18-5-7-19(8-6-18)16-31-26(36)21-4-2-3-20-15-24(35)33-25(20)21/h2-4,16,18-19H,5-15,17H2,1H3,(H,33,35). The van der Waals surface area contributed by atoms with Crippen molar-refractivity contribution in [3.8, 4) is 5.19 Å². The summed E-state index contributed by atoms with van der Waals surface area (Å²) >= 11 is 1.40. The van der Waals surface area contributed by atoms with E-state index in [0.29, 0.717) is 34.7 Å². The van der Waals surface area contributed by atoms with Crippen LogP contribution in [0.4, 0.5) is 14.5 Å². The van der Waals surface area contributed by atoms with Crippen LogP contribution in [0.5, 0.6) is 5.19 Å². The molecule has 1 aromatic carbocycles. The van der Waals surface area contributed by atoms with Crippen molar-refractivity contribution in [2.45, 2.75) is 64.2 Å². The molecule has 1 saturated carbocycles. The van der Waals surface area contributed by atoms with E-state index in [1.165, 1.54) is 11.3 Å². The molecule has 204 valence electrons. The summed E-state index contributed by atoms with van der Waals surface area (Å²) in [5.41, 5.74) is 2.92. The van der Waals surface area contributed by atoms with E-state index < -0.39 is 12.5 Å². The average molecular weight is 545 g/mol. The van der Waals surface area contributed by atoms with Crippen molar-refractivity contribution in [1.29, 1.82) is 0 Å². The third-order valence-electron chi connectivity index (χ3n) is 7.67. The Hall–Kier alpha value is -2.72. The van der Waals surface area contributed by atoms with Crippen LogP contribution in [0.2, 0.25) is 0 Å². The Balaban J connectivity index is 1.03.